The monoisotopic (exact) mass is 254 g/mol. The van der Waals surface area contributed by atoms with E-state index < -0.39 is 0 Å². The molecule has 0 aliphatic rings. The highest BCUT2D eigenvalue weighted by atomic mass is 16.5. The summed E-state index contributed by atoms with van der Waals surface area (Å²) >= 11 is 0. The largest absolute Gasteiger partial charge is 0.396 e. The molecule has 0 radical (unpaired) electrons. The lowest BCUT2D eigenvalue weighted by Gasteiger charge is -2.09. The molecular weight excluding hydrogens is 232 g/mol. The topological polar surface area (TPSA) is 75.4 Å². The minimum absolute atomic E-state index is 0.136. The lowest BCUT2D eigenvalue weighted by atomic mass is 10.1. The fourth-order valence-electron chi connectivity index (χ4n) is 1.51. The number of aromatic nitrogens is 1. The van der Waals surface area contributed by atoms with Crippen LogP contribution in [-0.4, -0.2) is 29.3 Å². The molecule has 0 bridgehead atoms. The number of aliphatic hydroxyl groups is 1. The van der Waals surface area contributed by atoms with E-state index in [-0.39, 0.29) is 24.2 Å². The highest BCUT2D eigenvalue weighted by Gasteiger charge is 2.16. The average molecular weight is 254 g/mol. The summed E-state index contributed by atoms with van der Waals surface area (Å²) in [4.78, 5) is 11.8. The predicted molar refractivity (Wildman–Crippen MR) is 68.4 cm³/mol. The number of amides is 1. The lowest BCUT2D eigenvalue weighted by molar-refractivity contribution is 0.0908. The Bertz CT molecular complexity index is 376. The van der Waals surface area contributed by atoms with E-state index in [2.05, 4.69) is 17.4 Å². The van der Waals surface area contributed by atoms with Crippen molar-refractivity contribution in [3.63, 3.8) is 0 Å². The standard InChI is InChI=1S/C13H22N2O3/c1-4-10(3)11-7-12(18-15-11)13(17)14-8-9(2)5-6-16/h7,9-10,16H,4-6,8H2,1-3H3,(H,14,17). The summed E-state index contributed by atoms with van der Waals surface area (Å²) in [7, 11) is 0. The van der Waals surface area contributed by atoms with Crippen LogP contribution in [0.3, 0.4) is 0 Å². The van der Waals surface area contributed by atoms with Crippen molar-refractivity contribution >= 4 is 5.91 Å². The zero-order chi connectivity index (χ0) is 13.5. The number of aliphatic hydroxyl groups excluding tert-OH is 1. The molecule has 1 heterocycles. The summed E-state index contributed by atoms with van der Waals surface area (Å²) in [6.45, 7) is 6.75. The summed E-state index contributed by atoms with van der Waals surface area (Å²) in [5.41, 5.74) is 0.811. The van der Waals surface area contributed by atoms with Crippen molar-refractivity contribution in [3.8, 4) is 0 Å². The number of hydrogen-bond acceptors (Lipinski definition) is 4. The molecule has 2 N–H and O–H groups in total. The number of nitrogens with zero attached hydrogens (tertiary/aromatic N) is 1. The van der Waals surface area contributed by atoms with Gasteiger partial charge in [-0.2, -0.15) is 0 Å². The fourth-order valence-corrected chi connectivity index (χ4v) is 1.51. The van der Waals surface area contributed by atoms with Crippen molar-refractivity contribution in [3.05, 3.63) is 17.5 Å². The molecule has 5 nitrogen and oxygen atoms in total. The highest BCUT2D eigenvalue weighted by molar-refractivity contribution is 5.91. The van der Waals surface area contributed by atoms with Crippen molar-refractivity contribution in [2.75, 3.05) is 13.2 Å². The molecule has 0 saturated carbocycles. The Labute approximate surface area is 108 Å². The molecule has 18 heavy (non-hydrogen) atoms. The van der Waals surface area contributed by atoms with E-state index in [1.165, 1.54) is 0 Å². The normalized spacial score (nSPS) is 14.2. The van der Waals surface area contributed by atoms with E-state index in [9.17, 15) is 4.79 Å². The summed E-state index contributed by atoms with van der Waals surface area (Å²) < 4.78 is 5.03. The van der Waals surface area contributed by atoms with E-state index in [0.29, 0.717) is 18.9 Å². The molecule has 2 unspecified atom stereocenters. The number of carbonyl (C=O) groups excluding carboxylic acids is 1. The first-order valence-electron chi connectivity index (χ1n) is 6.44. The lowest BCUT2D eigenvalue weighted by Crippen LogP contribution is -2.28. The molecule has 1 rings (SSSR count). The average Bonchev–Trinajstić information content (AvgIpc) is 2.85. The third kappa shape index (κ3) is 4.14. The van der Waals surface area contributed by atoms with Gasteiger partial charge in [0, 0.05) is 25.1 Å². The maximum absolute atomic E-state index is 11.8. The van der Waals surface area contributed by atoms with Crippen molar-refractivity contribution in [2.45, 2.75) is 39.5 Å². The zero-order valence-electron chi connectivity index (χ0n) is 11.3. The van der Waals surface area contributed by atoms with E-state index in [1.807, 2.05) is 13.8 Å². The molecule has 0 spiro atoms. The third-order valence-corrected chi connectivity index (χ3v) is 3.10. The first kappa shape index (κ1) is 14.7. The van der Waals surface area contributed by atoms with Crippen LogP contribution in [0.2, 0.25) is 0 Å². The van der Waals surface area contributed by atoms with Crippen LogP contribution in [0.15, 0.2) is 10.6 Å². The minimum Gasteiger partial charge on any atom is -0.396 e. The summed E-state index contributed by atoms with van der Waals surface area (Å²) in [5.74, 6) is 0.544. The maximum Gasteiger partial charge on any atom is 0.289 e. The van der Waals surface area contributed by atoms with Crippen molar-refractivity contribution in [2.24, 2.45) is 5.92 Å². The van der Waals surface area contributed by atoms with Gasteiger partial charge in [-0.1, -0.05) is 25.9 Å². The Morgan fingerprint density at radius 2 is 2.28 bits per heavy atom. The molecule has 1 amide bonds. The Kier molecular flexibility index (Phi) is 5.85. The molecule has 0 fully saturated rings. The third-order valence-electron chi connectivity index (χ3n) is 3.10. The molecule has 5 heteroatoms. The van der Waals surface area contributed by atoms with Gasteiger partial charge in [0.25, 0.3) is 5.91 Å². The minimum atomic E-state index is -0.248. The van der Waals surface area contributed by atoms with Crippen LogP contribution in [0, 0.1) is 5.92 Å². The van der Waals surface area contributed by atoms with Crippen LogP contribution in [0.1, 0.15) is 55.8 Å². The fraction of sp³-hybridized carbons (Fsp3) is 0.692. The van der Waals surface area contributed by atoms with Crippen LogP contribution in [0.5, 0.6) is 0 Å². The quantitative estimate of drug-likeness (QED) is 0.779. The first-order valence-corrected chi connectivity index (χ1v) is 6.44. The van der Waals surface area contributed by atoms with E-state index in [0.717, 1.165) is 12.1 Å². The SMILES string of the molecule is CCC(C)c1cc(C(=O)NCC(C)CCO)on1. The number of nitrogens with one attached hydrogen (secondary N) is 1. The van der Waals surface area contributed by atoms with Gasteiger partial charge in [-0.25, -0.2) is 0 Å². The number of rotatable bonds is 7. The van der Waals surface area contributed by atoms with Gasteiger partial charge >= 0.3 is 0 Å². The second-order valence-corrected chi connectivity index (χ2v) is 4.75. The van der Waals surface area contributed by atoms with E-state index in [1.54, 1.807) is 6.07 Å². The molecule has 0 aliphatic heterocycles. The summed E-state index contributed by atoms with van der Waals surface area (Å²) in [6, 6.07) is 1.69. The maximum atomic E-state index is 11.8. The van der Waals surface area contributed by atoms with Gasteiger partial charge in [0.2, 0.25) is 5.76 Å². The first-order chi connectivity index (χ1) is 8.58. The van der Waals surface area contributed by atoms with Crippen LogP contribution in [-0.2, 0) is 0 Å². The van der Waals surface area contributed by atoms with Gasteiger partial charge in [-0.3, -0.25) is 4.79 Å². The molecule has 0 aromatic carbocycles. The van der Waals surface area contributed by atoms with E-state index >= 15 is 0 Å². The van der Waals surface area contributed by atoms with Gasteiger partial charge in [-0.15, -0.1) is 0 Å². The Hall–Kier alpha value is -1.36. The number of hydrogen-bond donors (Lipinski definition) is 2. The van der Waals surface area contributed by atoms with Crippen molar-refractivity contribution < 1.29 is 14.4 Å². The number of carbonyl (C=O) groups is 1. The predicted octanol–water partition coefficient (Wildman–Crippen LogP) is 1.94. The molecule has 2 atom stereocenters. The molecule has 102 valence electrons. The summed E-state index contributed by atoms with van der Waals surface area (Å²) in [6.07, 6.45) is 1.63. The Morgan fingerprint density at radius 1 is 1.56 bits per heavy atom. The second kappa shape index (κ2) is 7.16. The van der Waals surface area contributed by atoms with Crippen LogP contribution in [0.4, 0.5) is 0 Å². The molecular formula is C13H22N2O3. The second-order valence-electron chi connectivity index (χ2n) is 4.75. The van der Waals surface area contributed by atoms with Gasteiger partial charge in [0.15, 0.2) is 0 Å². The van der Waals surface area contributed by atoms with E-state index in [4.69, 9.17) is 9.63 Å². The van der Waals surface area contributed by atoms with Gasteiger partial charge in [0.05, 0.1) is 5.69 Å². The van der Waals surface area contributed by atoms with Crippen LogP contribution >= 0.6 is 0 Å². The molecule has 0 aliphatic carbocycles. The zero-order valence-corrected chi connectivity index (χ0v) is 11.3. The molecule has 0 saturated heterocycles. The smallest absolute Gasteiger partial charge is 0.289 e. The highest BCUT2D eigenvalue weighted by Crippen LogP contribution is 2.18. The van der Waals surface area contributed by atoms with Gasteiger partial charge in [-0.05, 0) is 18.8 Å². The molecule has 1 aromatic rings. The van der Waals surface area contributed by atoms with Gasteiger partial charge in [0.1, 0.15) is 0 Å². The summed E-state index contributed by atoms with van der Waals surface area (Å²) in [5, 5.41) is 15.4. The Balaban J connectivity index is 2.49. The van der Waals surface area contributed by atoms with Crippen LogP contribution in [0.25, 0.3) is 0 Å². The Morgan fingerprint density at radius 3 is 2.89 bits per heavy atom. The van der Waals surface area contributed by atoms with Crippen LogP contribution < -0.4 is 5.32 Å². The molecule has 1 aromatic heterocycles. The van der Waals surface area contributed by atoms with Crippen molar-refractivity contribution in [1.82, 2.24) is 10.5 Å². The van der Waals surface area contributed by atoms with Gasteiger partial charge < -0.3 is 14.9 Å². The van der Waals surface area contributed by atoms with Crippen molar-refractivity contribution in [1.29, 1.82) is 0 Å².